The third-order valence-electron chi connectivity index (χ3n) is 7.67. The third-order valence-corrected chi connectivity index (χ3v) is 7.67. The van der Waals surface area contributed by atoms with Crippen molar-refractivity contribution in [3.63, 3.8) is 0 Å². The van der Waals surface area contributed by atoms with Crippen molar-refractivity contribution in [2.24, 2.45) is 17.8 Å². The van der Waals surface area contributed by atoms with Gasteiger partial charge in [0.1, 0.15) is 6.33 Å². The van der Waals surface area contributed by atoms with Gasteiger partial charge in [-0.2, -0.15) is 10.1 Å². The summed E-state index contributed by atoms with van der Waals surface area (Å²) in [5.41, 5.74) is 1.88. The Morgan fingerprint density at radius 1 is 1.13 bits per heavy atom. The largest absolute Gasteiger partial charge is 0.340 e. The summed E-state index contributed by atoms with van der Waals surface area (Å²) >= 11 is 0. The van der Waals surface area contributed by atoms with E-state index in [1.165, 1.54) is 0 Å². The Kier molecular flexibility index (Phi) is 4.29. The molecular formula is C22H28F2N6O. The lowest BCUT2D eigenvalue weighted by Gasteiger charge is -2.43. The summed E-state index contributed by atoms with van der Waals surface area (Å²) in [5.74, 6) is -1.89. The van der Waals surface area contributed by atoms with Crippen LogP contribution in [0.1, 0.15) is 36.9 Å². The monoisotopic (exact) mass is 430 g/mol. The Morgan fingerprint density at radius 3 is 2.71 bits per heavy atom. The van der Waals surface area contributed by atoms with Crippen molar-refractivity contribution in [3.05, 3.63) is 40.1 Å². The lowest BCUT2D eigenvalue weighted by Crippen LogP contribution is -2.48. The molecule has 31 heavy (non-hydrogen) atoms. The van der Waals surface area contributed by atoms with Gasteiger partial charge in [0.25, 0.3) is 11.5 Å². The van der Waals surface area contributed by atoms with E-state index in [0.717, 1.165) is 49.7 Å². The van der Waals surface area contributed by atoms with E-state index in [2.05, 4.69) is 28.0 Å². The van der Waals surface area contributed by atoms with E-state index in [9.17, 15) is 13.6 Å². The van der Waals surface area contributed by atoms with Gasteiger partial charge in [0.05, 0.1) is 0 Å². The van der Waals surface area contributed by atoms with E-state index >= 15 is 0 Å². The Hall–Kier alpha value is -2.29. The molecule has 4 atom stereocenters. The maximum absolute atomic E-state index is 13.5. The van der Waals surface area contributed by atoms with Gasteiger partial charge in [-0.25, -0.2) is 13.5 Å². The lowest BCUT2D eigenvalue weighted by molar-refractivity contribution is 0.0517. The number of nitrogens with zero attached hydrogens (tertiary/aromatic N) is 6. The fraction of sp³-hybridized carbons (Fsp3) is 0.682. The zero-order valence-corrected chi connectivity index (χ0v) is 17.8. The summed E-state index contributed by atoms with van der Waals surface area (Å²) in [4.78, 5) is 22.1. The average Bonchev–Trinajstić information content (AvgIpc) is 3.18. The number of piperidine rings is 2. The molecule has 5 heterocycles. The first-order valence-corrected chi connectivity index (χ1v) is 11.4. The molecular weight excluding hydrogens is 402 g/mol. The summed E-state index contributed by atoms with van der Waals surface area (Å²) in [6.07, 6.45) is 3.72. The SMILES string of the molecule is CCCn1ncnc1N1C[C@@H]2C[C@H](C1)c1ccc(CN3CC4C(C3)C4(F)F)c(=O)n1C2. The summed E-state index contributed by atoms with van der Waals surface area (Å²) in [6.45, 7) is 6.68. The van der Waals surface area contributed by atoms with Crippen LogP contribution in [0.25, 0.3) is 0 Å². The second-order valence-electron chi connectivity index (χ2n) is 9.77. The molecule has 2 aromatic heterocycles. The van der Waals surface area contributed by atoms with Crippen LogP contribution >= 0.6 is 0 Å². The molecule has 9 heteroatoms. The summed E-state index contributed by atoms with van der Waals surface area (Å²) in [6, 6.07) is 4.01. The quantitative estimate of drug-likeness (QED) is 0.728. The van der Waals surface area contributed by atoms with Crippen molar-refractivity contribution >= 4 is 5.95 Å². The smallest absolute Gasteiger partial charge is 0.257 e. The molecule has 0 amide bonds. The Bertz CT molecular complexity index is 1050. The minimum Gasteiger partial charge on any atom is -0.340 e. The standard InChI is InChI=1S/C22H28F2N6O/c1-2-5-30-21(25-13-26-30)28-7-14-6-16(10-28)19-4-3-15(20(31)29(19)8-14)9-27-11-17-18(12-27)22(17,23)24/h3-4,13-14,16-18H,2,5-12H2,1H3/t14-,16+,17?,18?/m0/s1. The average molecular weight is 431 g/mol. The Morgan fingerprint density at radius 2 is 1.94 bits per heavy atom. The second kappa shape index (κ2) is 6.85. The first-order chi connectivity index (χ1) is 15.0. The van der Waals surface area contributed by atoms with E-state index in [4.69, 9.17) is 0 Å². The van der Waals surface area contributed by atoms with E-state index in [1.54, 1.807) is 6.33 Å². The van der Waals surface area contributed by atoms with E-state index in [-0.39, 0.29) is 5.56 Å². The number of aryl methyl sites for hydroxylation is 1. The number of alkyl halides is 2. The number of likely N-dealkylation sites (tertiary alicyclic amines) is 1. The van der Waals surface area contributed by atoms with Crippen molar-refractivity contribution < 1.29 is 8.78 Å². The zero-order chi connectivity index (χ0) is 21.3. The maximum atomic E-state index is 13.5. The molecule has 0 spiro atoms. The van der Waals surface area contributed by atoms with Crippen molar-refractivity contribution in [3.8, 4) is 0 Å². The van der Waals surface area contributed by atoms with Crippen LogP contribution in [-0.4, -0.2) is 56.3 Å². The summed E-state index contributed by atoms with van der Waals surface area (Å²) < 4.78 is 30.9. The number of rotatable bonds is 5. The first kappa shape index (κ1) is 19.4. The lowest BCUT2D eigenvalue weighted by atomic mass is 9.83. The molecule has 1 saturated carbocycles. The topological polar surface area (TPSA) is 59.2 Å². The molecule has 7 nitrogen and oxygen atoms in total. The van der Waals surface area contributed by atoms with Crippen molar-refractivity contribution in [1.29, 1.82) is 0 Å². The van der Waals surface area contributed by atoms with Crippen LogP contribution in [-0.2, 0) is 19.6 Å². The molecule has 0 N–H and O–H groups in total. The molecule has 0 aromatic carbocycles. The predicted molar refractivity (Wildman–Crippen MR) is 111 cm³/mol. The molecule has 2 aromatic rings. The van der Waals surface area contributed by atoms with Crippen LogP contribution in [0.15, 0.2) is 23.3 Å². The van der Waals surface area contributed by atoms with Crippen molar-refractivity contribution in [2.45, 2.75) is 51.2 Å². The highest BCUT2D eigenvalue weighted by Crippen LogP contribution is 2.59. The number of hydrogen-bond acceptors (Lipinski definition) is 5. The van der Waals surface area contributed by atoms with E-state index < -0.39 is 17.8 Å². The number of halogens is 2. The molecule has 2 saturated heterocycles. The number of hydrogen-bond donors (Lipinski definition) is 0. The van der Waals surface area contributed by atoms with Gasteiger partial charge in [-0.05, 0) is 24.8 Å². The van der Waals surface area contributed by atoms with Gasteiger partial charge in [-0.1, -0.05) is 13.0 Å². The van der Waals surface area contributed by atoms with Crippen LogP contribution in [0.5, 0.6) is 0 Å². The first-order valence-electron chi connectivity index (χ1n) is 11.4. The number of fused-ring (bicyclic) bond motifs is 5. The minimum atomic E-state index is -2.48. The van der Waals surface area contributed by atoms with Gasteiger partial charge in [-0.15, -0.1) is 0 Å². The molecule has 1 aliphatic carbocycles. The summed E-state index contributed by atoms with van der Waals surface area (Å²) in [7, 11) is 0. The van der Waals surface area contributed by atoms with Crippen LogP contribution in [0.2, 0.25) is 0 Å². The van der Waals surface area contributed by atoms with Crippen LogP contribution in [0.3, 0.4) is 0 Å². The van der Waals surface area contributed by atoms with Crippen molar-refractivity contribution in [1.82, 2.24) is 24.2 Å². The van der Waals surface area contributed by atoms with Gasteiger partial charge in [0.2, 0.25) is 5.95 Å². The number of aromatic nitrogens is 4. The summed E-state index contributed by atoms with van der Waals surface area (Å²) in [5, 5.41) is 4.37. The molecule has 3 aliphatic heterocycles. The molecule has 2 bridgehead atoms. The van der Waals surface area contributed by atoms with E-state index in [1.807, 2.05) is 20.2 Å². The van der Waals surface area contributed by atoms with Gasteiger partial charge in [0.15, 0.2) is 0 Å². The molecule has 166 valence electrons. The maximum Gasteiger partial charge on any atom is 0.257 e. The highest BCUT2D eigenvalue weighted by Gasteiger charge is 2.71. The van der Waals surface area contributed by atoms with Gasteiger partial charge in [-0.3, -0.25) is 9.69 Å². The number of pyridine rings is 1. The highest BCUT2D eigenvalue weighted by molar-refractivity contribution is 5.34. The third kappa shape index (κ3) is 3.03. The molecule has 4 aliphatic rings. The molecule has 3 fully saturated rings. The van der Waals surface area contributed by atoms with Crippen LogP contribution < -0.4 is 10.5 Å². The van der Waals surface area contributed by atoms with Crippen LogP contribution in [0.4, 0.5) is 14.7 Å². The van der Waals surface area contributed by atoms with E-state index in [0.29, 0.717) is 38.0 Å². The molecule has 0 radical (unpaired) electrons. The Balaban J connectivity index is 1.21. The van der Waals surface area contributed by atoms with Gasteiger partial charge in [0, 0.05) is 74.8 Å². The van der Waals surface area contributed by atoms with Crippen LogP contribution in [0, 0.1) is 17.8 Å². The van der Waals surface area contributed by atoms with Crippen molar-refractivity contribution in [2.75, 3.05) is 31.1 Å². The predicted octanol–water partition coefficient (Wildman–Crippen LogP) is 2.17. The normalized spacial score (nSPS) is 30.9. The number of anilines is 1. The fourth-order valence-corrected chi connectivity index (χ4v) is 6.11. The Labute approximate surface area is 179 Å². The molecule has 2 unspecified atom stereocenters. The second-order valence-corrected chi connectivity index (χ2v) is 9.77. The zero-order valence-electron chi connectivity index (χ0n) is 17.8. The highest BCUT2D eigenvalue weighted by atomic mass is 19.3. The minimum absolute atomic E-state index is 0.0575. The van der Waals surface area contributed by atoms with Gasteiger partial charge < -0.3 is 9.47 Å². The molecule has 6 rings (SSSR count). The fourth-order valence-electron chi connectivity index (χ4n) is 6.11. The van der Waals surface area contributed by atoms with Gasteiger partial charge >= 0.3 is 0 Å².